The van der Waals surface area contributed by atoms with Gasteiger partial charge in [0.2, 0.25) is 0 Å². The van der Waals surface area contributed by atoms with Gasteiger partial charge in [-0.2, -0.15) is 0 Å². The van der Waals surface area contributed by atoms with Gasteiger partial charge in [-0.05, 0) is 30.7 Å². The molecule has 0 bridgehead atoms. The Morgan fingerprint density at radius 2 is 1.88 bits per heavy atom. The molecular formula is C19H21NO5. The number of carbonyl (C=O) groups excluding carboxylic acids is 2. The van der Waals surface area contributed by atoms with Crippen LogP contribution in [-0.2, 0) is 14.3 Å². The summed E-state index contributed by atoms with van der Waals surface area (Å²) in [5, 5.41) is 0. The van der Waals surface area contributed by atoms with Gasteiger partial charge in [-0.15, -0.1) is 6.58 Å². The van der Waals surface area contributed by atoms with E-state index in [9.17, 15) is 9.59 Å². The molecule has 0 aliphatic carbocycles. The van der Waals surface area contributed by atoms with Crippen LogP contribution in [0.4, 0.5) is 0 Å². The average Bonchev–Trinajstić information content (AvgIpc) is 2.85. The van der Waals surface area contributed by atoms with Gasteiger partial charge in [0.1, 0.15) is 0 Å². The normalized spacial score (nSPS) is 15.6. The number of methoxy groups -OCH3 is 3. The minimum atomic E-state index is -0.552. The Morgan fingerprint density at radius 1 is 1.20 bits per heavy atom. The Labute approximate surface area is 147 Å². The molecule has 0 atom stereocenters. The van der Waals surface area contributed by atoms with Crippen LogP contribution in [-0.4, -0.2) is 44.7 Å². The third kappa shape index (κ3) is 3.42. The van der Waals surface area contributed by atoms with Crippen molar-refractivity contribution in [1.82, 2.24) is 4.90 Å². The number of rotatable bonds is 6. The van der Waals surface area contributed by atoms with Crippen molar-refractivity contribution < 1.29 is 23.8 Å². The minimum Gasteiger partial charge on any atom is -0.493 e. The van der Waals surface area contributed by atoms with Crippen molar-refractivity contribution in [2.75, 3.05) is 27.9 Å². The van der Waals surface area contributed by atoms with E-state index in [0.717, 1.165) is 0 Å². The van der Waals surface area contributed by atoms with Crippen LogP contribution in [0.25, 0.3) is 6.08 Å². The van der Waals surface area contributed by atoms with E-state index in [1.54, 1.807) is 44.4 Å². The number of allylic oxidation sites excluding steroid dienone is 1. The van der Waals surface area contributed by atoms with Gasteiger partial charge in [-0.3, -0.25) is 4.79 Å². The van der Waals surface area contributed by atoms with Crippen LogP contribution < -0.4 is 9.47 Å². The highest BCUT2D eigenvalue weighted by atomic mass is 16.5. The number of hydrogen-bond donors (Lipinski definition) is 0. The molecule has 1 heterocycles. The smallest absolute Gasteiger partial charge is 0.340 e. The first-order valence-electron chi connectivity index (χ1n) is 7.64. The molecule has 1 aliphatic rings. The predicted molar refractivity (Wildman–Crippen MR) is 94.1 cm³/mol. The molecule has 1 amide bonds. The summed E-state index contributed by atoms with van der Waals surface area (Å²) in [6.45, 7) is 5.68. The standard InChI is InChI=1S/C19H21NO5/c1-6-9-20-12(2)17(19(22)25-5)14(18(20)21)10-13-7-8-15(23-3)16(11-13)24-4/h6-8,10-11H,1,9H2,2-5H3/b14-10-. The first-order chi connectivity index (χ1) is 12.0. The maximum atomic E-state index is 12.7. The highest BCUT2D eigenvalue weighted by molar-refractivity contribution is 6.16. The molecule has 0 unspecified atom stereocenters. The first-order valence-corrected chi connectivity index (χ1v) is 7.64. The van der Waals surface area contributed by atoms with Gasteiger partial charge in [-0.1, -0.05) is 12.1 Å². The van der Waals surface area contributed by atoms with Crippen molar-refractivity contribution >= 4 is 18.0 Å². The molecule has 0 saturated carbocycles. The van der Waals surface area contributed by atoms with E-state index >= 15 is 0 Å². The molecule has 0 spiro atoms. The van der Waals surface area contributed by atoms with Gasteiger partial charge in [0.15, 0.2) is 11.5 Å². The van der Waals surface area contributed by atoms with E-state index in [-0.39, 0.29) is 17.1 Å². The molecule has 1 aromatic carbocycles. The molecule has 6 heteroatoms. The number of ether oxygens (including phenoxy) is 3. The quantitative estimate of drug-likeness (QED) is 0.451. The SMILES string of the molecule is C=CCN1C(=O)/C(=C\c2ccc(OC)c(OC)c2)C(C(=O)OC)=C1C. The van der Waals surface area contributed by atoms with Crippen LogP contribution in [0, 0.1) is 0 Å². The van der Waals surface area contributed by atoms with E-state index in [1.807, 2.05) is 0 Å². The fourth-order valence-corrected chi connectivity index (χ4v) is 2.69. The molecule has 1 aliphatic heterocycles. The molecule has 132 valence electrons. The largest absolute Gasteiger partial charge is 0.493 e. The molecule has 0 saturated heterocycles. The van der Waals surface area contributed by atoms with Gasteiger partial charge in [0.25, 0.3) is 5.91 Å². The Bertz CT molecular complexity index is 776. The lowest BCUT2D eigenvalue weighted by Gasteiger charge is -2.14. The van der Waals surface area contributed by atoms with Gasteiger partial charge in [-0.25, -0.2) is 4.79 Å². The molecule has 0 radical (unpaired) electrons. The fourth-order valence-electron chi connectivity index (χ4n) is 2.69. The lowest BCUT2D eigenvalue weighted by molar-refractivity contribution is -0.136. The van der Waals surface area contributed by atoms with E-state index in [1.165, 1.54) is 19.1 Å². The second-order valence-electron chi connectivity index (χ2n) is 5.33. The third-order valence-electron chi connectivity index (χ3n) is 3.93. The zero-order valence-corrected chi connectivity index (χ0v) is 14.8. The van der Waals surface area contributed by atoms with Gasteiger partial charge >= 0.3 is 5.97 Å². The zero-order chi connectivity index (χ0) is 18.6. The molecule has 25 heavy (non-hydrogen) atoms. The maximum absolute atomic E-state index is 12.7. The van der Waals surface area contributed by atoms with Crippen molar-refractivity contribution in [3.63, 3.8) is 0 Å². The third-order valence-corrected chi connectivity index (χ3v) is 3.93. The van der Waals surface area contributed by atoms with Gasteiger partial charge in [0, 0.05) is 12.2 Å². The van der Waals surface area contributed by atoms with Crippen LogP contribution in [0.3, 0.4) is 0 Å². The second-order valence-corrected chi connectivity index (χ2v) is 5.33. The number of hydrogen-bond acceptors (Lipinski definition) is 5. The Balaban J connectivity index is 2.55. The molecule has 2 rings (SSSR count). The summed E-state index contributed by atoms with van der Waals surface area (Å²) in [5.41, 5.74) is 1.78. The maximum Gasteiger partial charge on any atom is 0.340 e. The molecular weight excluding hydrogens is 322 g/mol. The van der Waals surface area contributed by atoms with Crippen molar-refractivity contribution in [1.29, 1.82) is 0 Å². The van der Waals surface area contributed by atoms with Crippen molar-refractivity contribution in [3.05, 3.63) is 53.3 Å². The number of nitrogens with zero attached hydrogens (tertiary/aromatic N) is 1. The van der Waals surface area contributed by atoms with E-state index in [2.05, 4.69) is 6.58 Å². The van der Waals surface area contributed by atoms with Gasteiger partial charge in [0.05, 0.1) is 32.5 Å². The van der Waals surface area contributed by atoms with Crippen LogP contribution in [0.5, 0.6) is 11.5 Å². The Hall–Kier alpha value is -3.02. The summed E-state index contributed by atoms with van der Waals surface area (Å²) in [6.07, 6.45) is 3.25. The molecule has 1 aromatic rings. The number of esters is 1. The van der Waals surface area contributed by atoms with Gasteiger partial charge < -0.3 is 19.1 Å². The Morgan fingerprint density at radius 3 is 2.44 bits per heavy atom. The van der Waals surface area contributed by atoms with Crippen LogP contribution in [0.15, 0.2) is 47.7 Å². The van der Waals surface area contributed by atoms with E-state index in [4.69, 9.17) is 14.2 Å². The molecule has 6 nitrogen and oxygen atoms in total. The van der Waals surface area contributed by atoms with Crippen LogP contribution >= 0.6 is 0 Å². The molecule has 0 aromatic heterocycles. The fraction of sp³-hybridized carbons (Fsp3) is 0.263. The Kier molecular flexibility index (Phi) is 5.64. The van der Waals surface area contributed by atoms with Crippen LogP contribution in [0.1, 0.15) is 12.5 Å². The minimum absolute atomic E-state index is 0.254. The monoisotopic (exact) mass is 343 g/mol. The summed E-state index contributed by atoms with van der Waals surface area (Å²) in [5.74, 6) is 0.290. The lowest BCUT2D eigenvalue weighted by Crippen LogP contribution is -2.24. The van der Waals surface area contributed by atoms with Crippen molar-refractivity contribution in [2.45, 2.75) is 6.92 Å². The topological polar surface area (TPSA) is 65.1 Å². The summed E-state index contributed by atoms with van der Waals surface area (Å²) >= 11 is 0. The van der Waals surface area contributed by atoms with E-state index < -0.39 is 5.97 Å². The second kappa shape index (κ2) is 7.70. The first kappa shape index (κ1) is 18.3. The highest BCUT2D eigenvalue weighted by Crippen LogP contribution is 2.33. The van der Waals surface area contributed by atoms with Crippen molar-refractivity contribution in [2.24, 2.45) is 0 Å². The zero-order valence-electron chi connectivity index (χ0n) is 14.8. The number of amides is 1. The lowest BCUT2D eigenvalue weighted by atomic mass is 10.0. The number of benzene rings is 1. The summed E-state index contributed by atoms with van der Waals surface area (Å²) in [4.78, 5) is 26.4. The average molecular weight is 343 g/mol. The van der Waals surface area contributed by atoms with Crippen molar-refractivity contribution in [3.8, 4) is 11.5 Å². The summed E-state index contributed by atoms with van der Waals surface area (Å²) in [7, 11) is 4.37. The highest BCUT2D eigenvalue weighted by Gasteiger charge is 2.36. The summed E-state index contributed by atoms with van der Waals surface area (Å²) < 4.78 is 15.3. The predicted octanol–water partition coefficient (Wildman–Crippen LogP) is 2.56. The molecule has 0 N–H and O–H groups in total. The van der Waals surface area contributed by atoms with Crippen LogP contribution in [0.2, 0.25) is 0 Å². The summed E-state index contributed by atoms with van der Waals surface area (Å²) in [6, 6.07) is 5.25. The number of carbonyl (C=O) groups is 2. The van der Waals surface area contributed by atoms with E-state index in [0.29, 0.717) is 29.3 Å². The molecule has 0 fully saturated rings.